The third kappa shape index (κ3) is 3.85. The van der Waals surface area contributed by atoms with Gasteiger partial charge in [0.25, 0.3) is 5.91 Å². The van der Waals surface area contributed by atoms with Gasteiger partial charge in [0.1, 0.15) is 0 Å². The van der Waals surface area contributed by atoms with Crippen LogP contribution in [0.25, 0.3) is 11.0 Å². The highest BCUT2D eigenvalue weighted by molar-refractivity contribution is 5.98. The summed E-state index contributed by atoms with van der Waals surface area (Å²) < 4.78 is 39.8. The molecule has 0 radical (unpaired) electrons. The van der Waals surface area contributed by atoms with Crippen molar-refractivity contribution in [3.63, 3.8) is 0 Å². The van der Waals surface area contributed by atoms with Crippen LogP contribution in [0.2, 0.25) is 0 Å². The maximum atomic E-state index is 13.3. The van der Waals surface area contributed by atoms with Gasteiger partial charge in [0.15, 0.2) is 11.3 Å². The second-order valence-electron chi connectivity index (χ2n) is 5.54. The number of halogens is 3. The number of hydrazone groups is 1. The van der Waals surface area contributed by atoms with Crippen LogP contribution in [-0.4, -0.2) is 22.1 Å². The summed E-state index contributed by atoms with van der Waals surface area (Å²) in [5.74, 6) is -1.00. The first-order valence-electron chi connectivity index (χ1n) is 7.57. The molecule has 0 aliphatic rings. The van der Waals surface area contributed by atoms with Gasteiger partial charge in [-0.3, -0.25) is 4.79 Å². The van der Waals surface area contributed by atoms with E-state index in [1.54, 1.807) is 18.2 Å². The van der Waals surface area contributed by atoms with E-state index in [0.717, 1.165) is 11.6 Å². The van der Waals surface area contributed by atoms with Crippen molar-refractivity contribution < 1.29 is 18.0 Å². The summed E-state index contributed by atoms with van der Waals surface area (Å²) in [6.45, 7) is 1.92. The Bertz CT molecular complexity index is 982. The Kier molecular flexibility index (Phi) is 4.66. The van der Waals surface area contributed by atoms with Crippen molar-refractivity contribution in [3.8, 4) is 0 Å². The van der Waals surface area contributed by atoms with Crippen LogP contribution in [0, 0.1) is 6.92 Å². The molecule has 26 heavy (non-hydrogen) atoms. The van der Waals surface area contributed by atoms with Crippen molar-refractivity contribution in [2.45, 2.75) is 13.1 Å². The molecule has 0 unspecified atom stereocenters. The third-order valence-corrected chi connectivity index (χ3v) is 3.56. The van der Waals surface area contributed by atoms with E-state index in [-0.39, 0.29) is 5.65 Å². The minimum absolute atomic E-state index is 0.0838. The van der Waals surface area contributed by atoms with Crippen LogP contribution in [-0.2, 0) is 6.18 Å². The summed E-state index contributed by atoms with van der Waals surface area (Å²) in [5, 5.41) is 4.04. The first kappa shape index (κ1) is 17.5. The fourth-order valence-corrected chi connectivity index (χ4v) is 2.27. The van der Waals surface area contributed by atoms with Crippen LogP contribution in [0.1, 0.15) is 27.2 Å². The Morgan fingerprint density at radius 3 is 2.62 bits per heavy atom. The molecule has 3 aromatic rings. The number of hydrogen-bond acceptors (Lipinski definition) is 4. The zero-order chi connectivity index (χ0) is 18.7. The molecule has 0 fully saturated rings. The van der Waals surface area contributed by atoms with Gasteiger partial charge in [-0.15, -0.1) is 0 Å². The molecule has 0 spiro atoms. The van der Waals surface area contributed by atoms with Gasteiger partial charge in [0.2, 0.25) is 0 Å². The number of alkyl halides is 3. The second kappa shape index (κ2) is 6.91. The molecule has 3 rings (SSSR count). The Labute approximate surface area is 146 Å². The largest absolute Gasteiger partial charge is 0.434 e. The molecule has 8 heteroatoms. The van der Waals surface area contributed by atoms with Crippen molar-refractivity contribution in [3.05, 3.63) is 71.0 Å². The van der Waals surface area contributed by atoms with Gasteiger partial charge in [0.05, 0.1) is 11.8 Å². The van der Waals surface area contributed by atoms with Crippen LogP contribution in [0.3, 0.4) is 0 Å². The number of fused-ring (bicyclic) bond motifs is 1. The van der Waals surface area contributed by atoms with E-state index in [1.807, 2.05) is 19.1 Å². The Balaban J connectivity index is 1.90. The van der Waals surface area contributed by atoms with Crippen LogP contribution in [0.15, 0.2) is 53.8 Å². The standard InChI is InChI=1S/C18H13F3N4O/c1-11-4-6-12(7-5-11)10-23-25-17(26)14-9-13-3-2-8-22-16(13)24-15(14)18(19,20)21/h2-10H,1H3,(H,25,26)/b23-10+. The number of amides is 1. The smallest absolute Gasteiger partial charge is 0.267 e. The maximum Gasteiger partial charge on any atom is 0.434 e. The van der Waals surface area contributed by atoms with Gasteiger partial charge < -0.3 is 0 Å². The molecule has 0 aliphatic carbocycles. The quantitative estimate of drug-likeness (QED) is 0.573. The first-order valence-corrected chi connectivity index (χ1v) is 7.57. The molecule has 2 aromatic heterocycles. The second-order valence-corrected chi connectivity index (χ2v) is 5.54. The van der Waals surface area contributed by atoms with Gasteiger partial charge in [-0.05, 0) is 30.7 Å². The summed E-state index contributed by atoms with van der Waals surface area (Å²) in [5.41, 5.74) is 1.87. The van der Waals surface area contributed by atoms with Gasteiger partial charge in [0, 0.05) is 11.6 Å². The fraction of sp³-hybridized carbons (Fsp3) is 0.111. The van der Waals surface area contributed by atoms with Gasteiger partial charge in [-0.25, -0.2) is 15.4 Å². The number of rotatable bonds is 3. The van der Waals surface area contributed by atoms with Crippen LogP contribution in [0.5, 0.6) is 0 Å². The number of benzene rings is 1. The average molecular weight is 358 g/mol. The molecule has 1 aromatic carbocycles. The number of pyridine rings is 2. The monoisotopic (exact) mass is 358 g/mol. The predicted octanol–water partition coefficient (Wildman–Crippen LogP) is 3.72. The lowest BCUT2D eigenvalue weighted by Crippen LogP contribution is -2.23. The fourth-order valence-electron chi connectivity index (χ4n) is 2.27. The Hall–Kier alpha value is -3.29. The van der Waals surface area contributed by atoms with Crippen molar-refractivity contribution in [1.82, 2.24) is 15.4 Å². The Morgan fingerprint density at radius 2 is 1.92 bits per heavy atom. The van der Waals surface area contributed by atoms with Gasteiger partial charge in [-0.2, -0.15) is 18.3 Å². The molecule has 0 saturated heterocycles. The molecule has 2 heterocycles. The van der Waals surface area contributed by atoms with E-state index >= 15 is 0 Å². The molecular weight excluding hydrogens is 345 g/mol. The van der Waals surface area contributed by atoms with Gasteiger partial charge >= 0.3 is 6.18 Å². The third-order valence-electron chi connectivity index (χ3n) is 3.56. The Morgan fingerprint density at radius 1 is 1.19 bits per heavy atom. The number of nitrogens with one attached hydrogen (secondary N) is 1. The molecular formula is C18H13F3N4O. The molecule has 5 nitrogen and oxygen atoms in total. The van der Waals surface area contributed by atoms with E-state index in [9.17, 15) is 18.0 Å². The summed E-state index contributed by atoms with van der Waals surface area (Å²) in [6, 6.07) is 11.4. The van der Waals surface area contributed by atoms with E-state index in [0.29, 0.717) is 10.9 Å². The van der Waals surface area contributed by atoms with E-state index in [4.69, 9.17) is 0 Å². The van der Waals surface area contributed by atoms with Crippen LogP contribution in [0.4, 0.5) is 13.2 Å². The molecule has 132 valence electrons. The predicted molar refractivity (Wildman–Crippen MR) is 90.8 cm³/mol. The van der Waals surface area contributed by atoms with Crippen molar-refractivity contribution in [2.24, 2.45) is 5.10 Å². The SMILES string of the molecule is Cc1ccc(/C=N/NC(=O)c2cc3cccnc3nc2C(F)(F)F)cc1. The summed E-state index contributed by atoms with van der Waals surface area (Å²) in [7, 11) is 0. The maximum absolute atomic E-state index is 13.3. The van der Waals surface area contributed by atoms with Crippen molar-refractivity contribution in [1.29, 1.82) is 0 Å². The van der Waals surface area contributed by atoms with Crippen molar-refractivity contribution in [2.75, 3.05) is 0 Å². The van der Waals surface area contributed by atoms with E-state index < -0.39 is 23.3 Å². The lowest BCUT2D eigenvalue weighted by Gasteiger charge is -2.11. The number of aromatic nitrogens is 2. The van der Waals surface area contributed by atoms with Crippen LogP contribution >= 0.6 is 0 Å². The molecule has 0 atom stereocenters. The van der Waals surface area contributed by atoms with E-state index in [2.05, 4.69) is 20.5 Å². The lowest BCUT2D eigenvalue weighted by molar-refractivity contribution is -0.141. The lowest BCUT2D eigenvalue weighted by atomic mass is 10.1. The number of aryl methyl sites for hydroxylation is 1. The highest BCUT2D eigenvalue weighted by Crippen LogP contribution is 2.31. The first-order chi connectivity index (χ1) is 12.3. The molecule has 0 saturated carbocycles. The zero-order valence-electron chi connectivity index (χ0n) is 13.6. The highest BCUT2D eigenvalue weighted by Gasteiger charge is 2.37. The number of hydrogen-bond donors (Lipinski definition) is 1. The summed E-state index contributed by atoms with van der Waals surface area (Å²) in [6.07, 6.45) is -2.11. The number of carbonyl (C=O) groups excluding carboxylic acids is 1. The topological polar surface area (TPSA) is 67.2 Å². The summed E-state index contributed by atoms with van der Waals surface area (Å²) >= 11 is 0. The van der Waals surface area contributed by atoms with Crippen LogP contribution < -0.4 is 5.43 Å². The number of carbonyl (C=O) groups is 1. The molecule has 0 aliphatic heterocycles. The average Bonchev–Trinajstić information content (AvgIpc) is 2.61. The molecule has 1 amide bonds. The zero-order valence-corrected chi connectivity index (χ0v) is 13.6. The van der Waals surface area contributed by atoms with E-state index in [1.165, 1.54) is 18.5 Å². The normalized spacial score (nSPS) is 11.8. The number of nitrogens with zero attached hydrogens (tertiary/aromatic N) is 3. The molecule has 1 N–H and O–H groups in total. The highest BCUT2D eigenvalue weighted by atomic mass is 19.4. The summed E-state index contributed by atoms with van der Waals surface area (Å²) in [4.78, 5) is 19.5. The van der Waals surface area contributed by atoms with Crippen molar-refractivity contribution >= 4 is 23.2 Å². The van der Waals surface area contributed by atoms with Gasteiger partial charge in [-0.1, -0.05) is 29.8 Å². The molecule has 0 bridgehead atoms. The minimum Gasteiger partial charge on any atom is -0.267 e. The minimum atomic E-state index is -4.79.